The highest BCUT2D eigenvalue weighted by molar-refractivity contribution is 5.91. The van der Waals surface area contributed by atoms with E-state index >= 15 is 0 Å². The lowest BCUT2D eigenvalue weighted by molar-refractivity contribution is -0.323. The maximum absolute atomic E-state index is 13.3. The van der Waals surface area contributed by atoms with E-state index in [2.05, 4.69) is 0 Å². The highest BCUT2D eigenvalue weighted by Crippen LogP contribution is 2.43. The van der Waals surface area contributed by atoms with Crippen LogP contribution in [0.4, 0.5) is 0 Å². The van der Waals surface area contributed by atoms with Gasteiger partial charge in [-0.15, -0.1) is 0 Å². The second kappa shape index (κ2) is 12.8. The molecule has 10 atom stereocenters. The van der Waals surface area contributed by atoms with Crippen LogP contribution in [0.5, 0.6) is 23.0 Å². The molecule has 5 rings (SSSR count). The van der Waals surface area contributed by atoms with Gasteiger partial charge in [0.1, 0.15) is 71.8 Å². The van der Waals surface area contributed by atoms with Crippen LogP contribution in [0.15, 0.2) is 45.8 Å². The van der Waals surface area contributed by atoms with Gasteiger partial charge in [0.15, 0.2) is 17.8 Å². The first-order chi connectivity index (χ1) is 21.0. The van der Waals surface area contributed by atoms with Gasteiger partial charge in [-0.05, 0) is 17.7 Å². The average molecular weight is 625 g/mol. The van der Waals surface area contributed by atoms with Crippen molar-refractivity contribution in [2.75, 3.05) is 20.3 Å². The monoisotopic (exact) mass is 624 g/mol. The Morgan fingerprint density at radius 3 is 2.07 bits per heavy atom. The summed E-state index contributed by atoms with van der Waals surface area (Å²) in [4.78, 5) is 13.3. The number of aromatic hydroxyl groups is 2. The normalized spacial score (nSPS) is 32.5. The molecule has 16 heteroatoms. The fourth-order valence-corrected chi connectivity index (χ4v) is 5.02. The third kappa shape index (κ3) is 5.80. The summed E-state index contributed by atoms with van der Waals surface area (Å²) in [5, 5.41) is 91.4. The van der Waals surface area contributed by atoms with Crippen LogP contribution in [0.2, 0.25) is 0 Å². The molecule has 0 unspecified atom stereocenters. The molecule has 0 radical (unpaired) electrons. The van der Waals surface area contributed by atoms with Gasteiger partial charge in [0.25, 0.3) is 0 Å². The van der Waals surface area contributed by atoms with Gasteiger partial charge >= 0.3 is 0 Å². The van der Waals surface area contributed by atoms with Crippen molar-refractivity contribution in [2.45, 2.75) is 61.4 Å². The fourth-order valence-electron chi connectivity index (χ4n) is 5.02. The van der Waals surface area contributed by atoms with Crippen LogP contribution >= 0.6 is 0 Å². The molecule has 2 fully saturated rings. The molecule has 16 nitrogen and oxygen atoms in total. The number of hydrogen-bond donors (Lipinski definition) is 9. The lowest BCUT2D eigenvalue weighted by atomic mass is 9.98. The standard InChI is InChI=1S/C28H32O16/c1-39-26-14(6-13-17(21(26)34)18(31)12(8-40-13)10-2-4-11(30)5-3-10)42-28-25(38)23(36)20(33)16(44-28)9-41-27-24(37)22(35)19(32)15(7-29)43-27/h2-6,8,15-16,19-20,22-25,27-30,32-38H,7,9H2,1H3/t15-,16-,19-,20-,22+,23+,24+,25-,27-,28-/m1/s1. The summed E-state index contributed by atoms with van der Waals surface area (Å²) in [6, 6.07) is 6.90. The van der Waals surface area contributed by atoms with Crippen LogP contribution in [0.3, 0.4) is 0 Å². The lowest BCUT2D eigenvalue weighted by Crippen LogP contribution is -2.62. The molecule has 2 aliphatic rings. The predicted octanol–water partition coefficient (Wildman–Crippen LogP) is -2.12. The molecule has 0 amide bonds. The van der Waals surface area contributed by atoms with E-state index in [1.807, 2.05) is 0 Å². The Balaban J connectivity index is 1.39. The number of aliphatic hydroxyl groups excluding tert-OH is 7. The van der Waals surface area contributed by atoms with Crippen molar-refractivity contribution >= 4 is 11.0 Å². The van der Waals surface area contributed by atoms with E-state index in [0.717, 1.165) is 6.26 Å². The van der Waals surface area contributed by atoms with Gasteiger partial charge in [0.05, 0.1) is 25.9 Å². The first-order valence-electron chi connectivity index (χ1n) is 13.4. The van der Waals surface area contributed by atoms with Crippen LogP contribution in [0.1, 0.15) is 0 Å². The molecular weight excluding hydrogens is 592 g/mol. The molecular formula is C28H32O16. The molecule has 3 aromatic rings. The summed E-state index contributed by atoms with van der Waals surface area (Å²) >= 11 is 0. The van der Waals surface area contributed by atoms with Crippen LogP contribution < -0.4 is 14.9 Å². The number of phenolic OH excluding ortho intramolecular Hbond substituents is 2. The zero-order valence-corrected chi connectivity index (χ0v) is 23.0. The van der Waals surface area contributed by atoms with Crippen LogP contribution in [-0.2, 0) is 14.2 Å². The quantitative estimate of drug-likeness (QED) is 0.130. The number of fused-ring (bicyclic) bond motifs is 1. The summed E-state index contributed by atoms with van der Waals surface area (Å²) in [5.74, 6) is -1.31. The third-order valence-electron chi connectivity index (χ3n) is 7.53. The fraction of sp³-hybridized carbons (Fsp3) is 0.464. The van der Waals surface area contributed by atoms with Gasteiger partial charge in [0.2, 0.25) is 17.5 Å². The summed E-state index contributed by atoms with van der Waals surface area (Å²) in [7, 11) is 1.17. The van der Waals surface area contributed by atoms with E-state index < -0.39 is 85.8 Å². The maximum Gasteiger partial charge on any atom is 0.229 e. The first kappa shape index (κ1) is 31.9. The third-order valence-corrected chi connectivity index (χ3v) is 7.53. The number of aliphatic hydroxyl groups is 7. The smallest absolute Gasteiger partial charge is 0.229 e. The molecule has 0 spiro atoms. The molecule has 3 heterocycles. The number of methoxy groups -OCH3 is 1. The molecule has 2 aliphatic heterocycles. The molecule has 2 aromatic carbocycles. The second-order valence-electron chi connectivity index (χ2n) is 10.3. The highest BCUT2D eigenvalue weighted by atomic mass is 16.7. The molecule has 240 valence electrons. The molecule has 0 saturated carbocycles. The Kier molecular flexibility index (Phi) is 9.28. The van der Waals surface area contributed by atoms with E-state index in [1.165, 1.54) is 37.4 Å². The van der Waals surface area contributed by atoms with E-state index in [-0.39, 0.29) is 33.8 Å². The van der Waals surface area contributed by atoms with Gasteiger partial charge in [-0.1, -0.05) is 12.1 Å². The highest BCUT2D eigenvalue weighted by Gasteiger charge is 2.48. The Morgan fingerprint density at radius 2 is 1.43 bits per heavy atom. The van der Waals surface area contributed by atoms with Crippen molar-refractivity contribution in [2.24, 2.45) is 0 Å². The summed E-state index contributed by atoms with van der Waals surface area (Å²) in [6.07, 6.45) is -15.4. The van der Waals surface area contributed by atoms with Gasteiger partial charge in [0, 0.05) is 6.07 Å². The van der Waals surface area contributed by atoms with Crippen molar-refractivity contribution < 1.29 is 74.1 Å². The predicted molar refractivity (Wildman–Crippen MR) is 145 cm³/mol. The van der Waals surface area contributed by atoms with E-state index in [0.29, 0.717) is 5.56 Å². The Morgan fingerprint density at radius 1 is 0.818 bits per heavy atom. The minimum Gasteiger partial charge on any atom is -0.508 e. The zero-order valence-electron chi connectivity index (χ0n) is 23.0. The van der Waals surface area contributed by atoms with Crippen molar-refractivity contribution in [3.05, 3.63) is 46.8 Å². The topological polar surface area (TPSA) is 258 Å². The number of ether oxygens (including phenoxy) is 5. The first-order valence-corrected chi connectivity index (χ1v) is 13.4. The average Bonchev–Trinajstić information content (AvgIpc) is 3.01. The molecule has 44 heavy (non-hydrogen) atoms. The van der Waals surface area contributed by atoms with Crippen LogP contribution in [-0.4, -0.2) is 128 Å². The lowest BCUT2D eigenvalue weighted by Gasteiger charge is -2.42. The number of rotatable bonds is 8. The maximum atomic E-state index is 13.3. The summed E-state index contributed by atoms with van der Waals surface area (Å²) in [5.41, 5.74) is -0.286. The summed E-state index contributed by atoms with van der Waals surface area (Å²) < 4.78 is 32.9. The number of phenols is 2. The second-order valence-corrected chi connectivity index (χ2v) is 10.3. The van der Waals surface area contributed by atoms with Gasteiger partial charge in [-0.25, -0.2) is 0 Å². The van der Waals surface area contributed by atoms with Crippen LogP contribution in [0.25, 0.3) is 22.1 Å². The van der Waals surface area contributed by atoms with Gasteiger partial charge < -0.3 is 74.1 Å². The van der Waals surface area contributed by atoms with Gasteiger partial charge in [-0.2, -0.15) is 0 Å². The van der Waals surface area contributed by atoms with Crippen molar-refractivity contribution in [1.82, 2.24) is 0 Å². The van der Waals surface area contributed by atoms with Crippen molar-refractivity contribution in [1.29, 1.82) is 0 Å². The summed E-state index contributed by atoms with van der Waals surface area (Å²) in [6.45, 7) is -1.30. The van der Waals surface area contributed by atoms with E-state index in [4.69, 9.17) is 28.1 Å². The van der Waals surface area contributed by atoms with Crippen molar-refractivity contribution in [3.8, 4) is 34.1 Å². The molecule has 9 N–H and O–H groups in total. The van der Waals surface area contributed by atoms with Gasteiger partial charge in [-0.3, -0.25) is 4.79 Å². The Labute approximate surface area is 248 Å². The largest absolute Gasteiger partial charge is 0.508 e. The van der Waals surface area contributed by atoms with Crippen LogP contribution in [0, 0.1) is 0 Å². The molecule has 2 saturated heterocycles. The Bertz CT molecular complexity index is 1510. The minimum absolute atomic E-state index is 0.0160. The Hall–Kier alpha value is -3.55. The van der Waals surface area contributed by atoms with Crippen molar-refractivity contribution in [3.63, 3.8) is 0 Å². The minimum atomic E-state index is -1.85. The SMILES string of the molecule is COc1c(O[C@@H]2O[C@H](CO[C@@H]3O[C@H](CO)[C@@H](O)[C@H](O)[C@@H]3O)[C@@H](O)[C@H](O)[C@H]2O)cc2occ(-c3ccc(O)cc3)c(=O)c2c1O. The molecule has 0 aliphatic carbocycles. The number of benzene rings is 2. The molecule has 0 bridgehead atoms. The zero-order chi connectivity index (χ0) is 31.9. The van der Waals surface area contributed by atoms with E-state index in [1.54, 1.807) is 0 Å². The van der Waals surface area contributed by atoms with E-state index in [9.17, 15) is 50.8 Å². The molecule has 1 aromatic heterocycles. The number of hydrogen-bond acceptors (Lipinski definition) is 16.